The number of carbonyl (C=O) groups is 2. The molecule has 3 rings (SSSR count). The summed E-state index contributed by atoms with van der Waals surface area (Å²) in [5, 5.41) is 6.85. The lowest BCUT2D eigenvalue weighted by molar-refractivity contribution is -0.131. The quantitative estimate of drug-likeness (QED) is 0.685. The van der Waals surface area contributed by atoms with E-state index in [-0.39, 0.29) is 18.4 Å². The lowest BCUT2D eigenvalue weighted by Gasteiger charge is -2.34. The normalized spacial score (nSPS) is 13.9. The van der Waals surface area contributed by atoms with Crippen LogP contribution in [-0.4, -0.2) is 66.2 Å². The van der Waals surface area contributed by atoms with Gasteiger partial charge < -0.3 is 24.4 Å². The Labute approximate surface area is 183 Å². The van der Waals surface area contributed by atoms with Crippen molar-refractivity contribution in [3.05, 3.63) is 46.3 Å². The molecular formula is C23H32N4O4. The lowest BCUT2D eigenvalue weighted by atomic mass is 10.1. The number of rotatable bonds is 7. The minimum Gasteiger partial charge on any atom is -0.493 e. The van der Waals surface area contributed by atoms with Gasteiger partial charge in [0.05, 0.1) is 18.7 Å². The molecule has 1 fully saturated rings. The van der Waals surface area contributed by atoms with E-state index in [0.29, 0.717) is 45.1 Å². The minimum absolute atomic E-state index is 0.0399. The average molecular weight is 429 g/mol. The second-order valence-corrected chi connectivity index (χ2v) is 8.00. The Bertz CT molecular complexity index is 877. The van der Waals surface area contributed by atoms with Crippen LogP contribution >= 0.6 is 0 Å². The molecule has 0 atom stereocenters. The fourth-order valence-corrected chi connectivity index (χ4v) is 3.76. The molecule has 8 heteroatoms. The highest BCUT2D eigenvalue weighted by Gasteiger charge is 2.25. The van der Waals surface area contributed by atoms with E-state index in [0.717, 1.165) is 34.6 Å². The largest absolute Gasteiger partial charge is 0.493 e. The zero-order chi connectivity index (χ0) is 22.4. The molecule has 1 aromatic carbocycles. The summed E-state index contributed by atoms with van der Waals surface area (Å²) in [5.74, 6) is 1.65. The number of aromatic nitrogens is 1. The molecule has 0 aliphatic carbocycles. The van der Waals surface area contributed by atoms with Crippen molar-refractivity contribution < 1.29 is 18.8 Å². The molecule has 2 heterocycles. The van der Waals surface area contributed by atoms with E-state index in [2.05, 4.69) is 10.5 Å². The van der Waals surface area contributed by atoms with Gasteiger partial charge in [-0.05, 0) is 45.2 Å². The van der Waals surface area contributed by atoms with Crippen molar-refractivity contribution >= 4 is 11.9 Å². The van der Waals surface area contributed by atoms with Gasteiger partial charge >= 0.3 is 6.03 Å². The molecule has 1 aromatic heterocycles. The van der Waals surface area contributed by atoms with Crippen LogP contribution in [0.2, 0.25) is 0 Å². The SMILES string of the molecule is Cc1cccc(C)c1OCCCNC(=O)N1CCN(C(=O)Cc2c(C)noc2C)CC1. The van der Waals surface area contributed by atoms with Crippen molar-refractivity contribution in [2.45, 2.75) is 40.5 Å². The first-order valence-electron chi connectivity index (χ1n) is 10.8. The molecule has 3 amide bonds. The number of hydrogen-bond acceptors (Lipinski definition) is 5. The maximum absolute atomic E-state index is 12.6. The molecule has 0 unspecified atom stereocenters. The summed E-state index contributed by atoms with van der Waals surface area (Å²) < 4.78 is 11.0. The first kappa shape index (κ1) is 22.7. The summed E-state index contributed by atoms with van der Waals surface area (Å²) in [6.07, 6.45) is 1.02. The first-order chi connectivity index (χ1) is 14.9. The van der Waals surface area contributed by atoms with Crippen molar-refractivity contribution in [2.75, 3.05) is 39.3 Å². The summed E-state index contributed by atoms with van der Waals surface area (Å²) in [5.41, 5.74) is 3.84. The monoisotopic (exact) mass is 428 g/mol. The van der Waals surface area contributed by atoms with Gasteiger partial charge in [0.25, 0.3) is 0 Å². The van der Waals surface area contributed by atoms with Crippen molar-refractivity contribution in [3.63, 3.8) is 0 Å². The zero-order valence-electron chi connectivity index (χ0n) is 18.9. The number of nitrogens with zero attached hydrogens (tertiary/aromatic N) is 3. The Kier molecular flexibility index (Phi) is 7.55. The molecule has 0 bridgehead atoms. The van der Waals surface area contributed by atoms with Crippen molar-refractivity contribution in [1.29, 1.82) is 0 Å². The van der Waals surface area contributed by atoms with Gasteiger partial charge in [-0.3, -0.25) is 4.79 Å². The van der Waals surface area contributed by atoms with Crippen LogP contribution in [0.4, 0.5) is 4.79 Å². The van der Waals surface area contributed by atoms with Crippen LogP contribution in [0.1, 0.15) is 34.6 Å². The average Bonchev–Trinajstić information content (AvgIpc) is 3.07. The third-order valence-corrected chi connectivity index (χ3v) is 5.68. The third kappa shape index (κ3) is 5.77. The summed E-state index contributed by atoms with van der Waals surface area (Å²) in [7, 11) is 0. The standard InChI is InChI=1S/C23H32N4O4/c1-16-7-5-8-17(2)22(16)30-14-6-9-24-23(29)27-12-10-26(11-13-27)21(28)15-20-18(3)25-31-19(20)4/h5,7-8H,6,9-15H2,1-4H3,(H,24,29). The second kappa shape index (κ2) is 10.3. The smallest absolute Gasteiger partial charge is 0.317 e. The number of para-hydroxylation sites is 1. The van der Waals surface area contributed by atoms with Crippen LogP contribution in [0.5, 0.6) is 5.75 Å². The van der Waals surface area contributed by atoms with Crippen LogP contribution in [0.3, 0.4) is 0 Å². The van der Waals surface area contributed by atoms with Gasteiger partial charge in [0.15, 0.2) is 0 Å². The number of benzene rings is 1. The van der Waals surface area contributed by atoms with Crippen LogP contribution < -0.4 is 10.1 Å². The van der Waals surface area contributed by atoms with Crippen molar-refractivity contribution in [1.82, 2.24) is 20.3 Å². The number of urea groups is 1. The second-order valence-electron chi connectivity index (χ2n) is 8.00. The molecule has 1 saturated heterocycles. The molecule has 2 aromatic rings. The number of ether oxygens (including phenoxy) is 1. The maximum atomic E-state index is 12.6. The maximum Gasteiger partial charge on any atom is 0.317 e. The number of carbonyl (C=O) groups excluding carboxylic acids is 2. The fraction of sp³-hybridized carbons (Fsp3) is 0.522. The highest BCUT2D eigenvalue weighted by molar-refractivity contribution is 5.80. The Morgan fingerprint density at radius 1 is 1.06 bits per heavy atom. The molecule has 8 nitrogen and oxygen atoms in total. The van der Waals surface area contributed by atoms with E-state index in [1.54, 1.807) is 9.80 Å². The Morgan fingerprint density at radius 2 is 1.71 bits per heavy atom. The predicted octanol–water partition coefficient (Wildman–Crippen LogP) is 2.77. The summed E-state index contributed by atoms with van der Waals surface area (Å²) >= 11 is 0. The Morgan fingerprint density at radius 3 is 2.32 bits per heavy atom. The van der Waals surface area contributed by atoms with E-state index in [1.807, 2.05) is 45.9 Å². The van der Waals surface area contributed by atoms with Gasteiger partial charge in [0.2, 0.25) is 5.91 Å². The topological polar surface area (TPSA) is 87.9 Å². The molecule has 1 aliphatic heterocycles. The summed E-state index contributed by atoms with van der Waals surface area (Å²) in [4.78, 5) is 28.5. The number of amides is 3. The van der Waals surface area contributed by atoms with Gasteiger partial charge in [-0.2, -0.15) is 0 Å². The molecule has 31 heavy (non-hydrogen) atoms. The molecule has 1 N–H and O–H groups in total. The minimum atomic E-state index is -0.0927. The zero-order valence-corrected chi connectivity index (χ0v) is 18.9. The Balaban J connectivity index is 1.35. The van der Waals surface area contributed by atoms with Crippen molar-refractivity contribution in [3.8, 4) is 5.75 Å². The van der Waals surface area contributed by atoms with Crippen LogP contribution in [-0.2, 0) is 11.2 Å². The molecular weight excluding hydrogens is 396 g/mol. The van der Waals surface area contributed by atoms with Crippen LogP contribution in [0.15, 0.2) is 22.7 Å². The van der Waals surface area contributed by atoms with E-state index >= 15 is 0 Å². The molecule has 168 valence electrons. The highest BCUT2D eigenvalue weighted by Crippen LogP contribution is 2.22. The first-order valence-corrected chi connectivity index (χ1v) is 10.8. The fourth-order valence-electron chi connectivity index (χ4n) is 3.76. The summed E-state index contributed by atoms with van der Waals surface area (Å²) in [6, 6.07) is 5.98. The number of piperazine rings is 1. The van der Waals surface area contributed by atoms with E-state index < -0.39 is 0 Å². The predicted molar refractivity (Wildman–Crippen MR) is 117 cm³/mol. The van der Waals surface area contributed by atoms with Gasteiger partial charge in [0, 0.05) is 38.3 Å². The van der Waals surface area contributed by atoms with Crippen molar-refractivity contribution in [2.24, 2.45) is 0 Å². The lowest BCUT2D eigenvalue weighted by Crippen LogP contribution is -2.53. The van der Waals surface area contributed by atoms with E-state index in [9.17, 15) is 9.59 Å². The third-order valence-electron chi connectivity index (χ3n) is 5.68. The molecule has 0 radical (unpaired) electrons. The molecule has 0 spiro atoms. The molecule has 0 saturated carbocycles. The summed E-state index contributed by atoms with van der Waals surface area (Å²) in [6.45, 7) is 10.9. The van der Waals surface area contributed by atoms with Gasteiger partial charge in [-0.1, -0.05) is 23.4 Å². The van der Waals surface area contributed by atoms with E-state index in [1.165, 1.54) is 0 Å². The van der Waals surface area contributed by atoms with Gasteiger partial charge in [-0.15, -0.1) is 0 Å². The van der Waals surface area contributed by atoms with Crippen LogP contribution in [0.25, 0.3) is 0 Å². The molecule has 1 aliphatic rings. The van der Waals surface area contributed by atoms with Gasteiger partial charge in [-0.25, -0.2) is 4.79 Å². The van der Waals surface area contributed by atoms with Gasteiger partial charge in [0.1, 0.15) is 11.5 Å². The Hall–Kier alpha value is -3.03. The van der Waals surface area contributed by atoms with E-state index in [4.69, 9.17) is 9.26 Å². The van der Waals surface area contributed by atoms with Crippen LogP contribution in [0, 0.1) is 27.7 Å². The number of aryl methyl sites for hydroxylation is 4. The number of hydrogen-bond donors (Lipinski definition) is 1. The highest BCUT2D eigenvalue weighted by atomic mass is 16.5. The number of nitrogens with one attached hydrogen (secondary N) is 1.